The first-order valence-corrected chi connectivity index (χ1v) is 11.6. The number of hydrogen-bond acceptors (Lipinski definition) is 7. The van der Waals surface area contributed by atoms with Crippen molar-refractivity contribution in [1.82, 2.24) is 24.5 Å². The molecule has 3 heterocycles. The summed E-state index contributed by atoms with van der Waals surface area (Å²) >= 11 is 6.12. The molecule has 1 aliphatic rings. The van der Waals surface area contributed by atoms with Crippen molar-refractivity contribution in [2.24, 2.45) is 7.05 Å². The van der Waals surface area contributed by atoms with Gasteiger partial charge in [-0.05, 0) is 12.1 Å². The SMILES string of the molecule is COCCOc1c(N2CCN(Cc3c(C(F)(F)F)nn(C)c3Cl)CC2)cnn(-c2ccccc2)c1=O. The molecule has 3 aromatic rings. The van der Waals surface area contributed by atoms with E-state index in [2.05, 4.69) is 10.2 Å². The zero-order valence-electron chi connectivity index (χ0n) is 19.8. The maximum atomic E-state index is 13.4. The van der Waals surface area contributed by atoms with Gasteiger partial charge in [-0.2, -0.15) is 28.1 Å². The number of hydrogen-bond donors (Lipinski definition) is 0. The van der Waals surface area contributed by atoms with Crippen LogP contribution in [0.1, 0.15) is 11.3 Å². The molecule has 0 radical (unpaired) electrons. The molecule has 4 rings (SSSR count). The van der Waals surface area contributed by atoms with Gasteiger partial charge in [0.2, 0.25) is 5.75 Å². The van der Waals surface area contributed by atoms with Crippen molar-refractivity contribution >= 4 is 17.3 Å². The molecule has 0 bridgehead atoms. The third-order valence-electron chi connectivity index (χ3n) is 5.88. The molecule has 2 aromatic heterocycles. The summed E-state index contributed by atoms with van der Waals surface area (Å²) in [5.41, 5.74) is -0.299. The van der Waals surface area contributed by atoms with Crippen molar-refractivity contribution in [3.63, 3.8) is 0 Å². The second kappa shape index (κ2) is 10.9. The smallest absolute Gasteiger partial charge is 0.435 e. The van der Waals surface area contributed by atoms with Crippen LogP contribution in [0, 0.1) is 0 Å². The van der Waals surface area contributed by atoms with E-state index in [0.29, 0.717) is 44.2 Å². The average molecular weight is 527 g/mol. The molecule has 0 N–H and O–H groups in total. The summed E-state index contributed by atoms with van der Waals surface area (Å²) in [4.78, 5) is 17.1. The number of aryl methyl sites for hydroxylation is 1. The Labute approximate surface area is 210 Å². The number of benzene rings is 1. The first kappa shape index (κ1) is 26.0. The summed E-state index contributed by atoms with van der Waals surface area (Å²) in [6.07, 6.45) is -3.02. The van der Waals surface area contributed by atoms with Crippen LogP contribution in [0.15, 0.2) is 41.3 Å². The van der Waals surface area contributed by atoms with Gasteiger partial charge >= 0.3 is 11.7 Å². The van der Waals surface area contributed by atoms with E-state index in [0.717, 1.165) is 4.68 Å². The highest BCUT2D eigenvalue weighted by molar-refractivity contribution is 6.30. The molecule has 0 atom stereocenters. The highest BCUT2D eigenvalue weighted by Crippen LogP contribution is 2.35. The molecule has 1 aromatic carbocycles. The van der Waals surface area contributed by atoms with Crippen LogP contribution in [-0.2, 0) is 24.5 Å². The first-order valence-electron chi connectivity index (χ1n) is 11.3. The van der Waals surface area contributed by atoms with Gasteiger partial charge in [0.05, 0.1) is 18.5 Å². The minimum Gasteiger partial charge on any atom is -0.484 e. The Bertz CT molecular complexity index is 1240. The lowest BCUT2D eigenvalue weighted by Gasteiger charge is -2.36. The van der Waals surface area contributed by atoms with Crippen molar-refractivity contribution in [2.45, 2.75) is 12.7 Å². The highest BCUT2D eigenvalue weighted by atomic mass is 35.5. The fourth-order valence-electron chi connectivity index (χ4n) is 4.06. The summed E-state index contributed by atoms with van der Waals surface area (Å²) in [7, 11) is 2.92. The van der Waals surface area contributed by atoms with Gasteiger partial charge in [-0.1, -0.05) is 29.8 Å². The monoisotopic (exact) mass is 526 g/mol. The Balaban J connectivity index is 1.54. The number of anilines is 1. The second-order valence-electron chi connectivity index (χ2n) is 8.26. The maximum Gasteiger partial charge on any atom is 0.435 e. The van der Waals surface area contributed by atoms with E-state index in [1.807, 2.05) is 15.9 Å². The van der Waals surface area contributed by atoms with E-state index in [-0.39, 0.29) is 29.6 Å². The second-order valence-corrected chi connectivity index (χ2v) is 8.61. The number of ether oxygens (including phenoxy) is 2. The molecule has 0 unspecified atom stereocenters. The number of para-hydroxylation sites is 1. The van der Waals surface area contributed by atoms with E-state index >= 15 is 0 Å². The molecule has 36 heavy (non-hydrogen) atoms. The van der Waals surface area contributed by atoms with Gasteiger partial charge in [-0.3, -0.25) is 14.4 Å². The van der Waals surface area contributed by atoms with Crippen LogP contribution >= 0.6 is 11.6 Å². The Hall–Kier alpha value is -3.09. The number of alkyl halides is 3. The minimum atomic E-state index is -4.59. The van der Waals surface area contributed by atoms with E-state index in [1.165, 1.54) is 18.8 Å². The molecule has 9 nitrogen and oxygen atoms in total. The normalized spacial score (nSPS) is 14.9. The van der Waals surface area contributed by atoms with Crippen molar-refractivity contribution in [3.05, 3.63) is 63.3 Å². The van der Waals surface area contributed by atoms with Crippen LogP contribution in [-0.4, -0.2) is 71.0 Å². The van der Waals surface area contributed by atoms with Crippen molar-refractivity contribution in [2.75, 3.05) is 51.4 Å². The van der Waals surface area contributed by atoms with Crippen molar-refractivity contribution < 1.29 is 22.6 Å². The van der Waals surface area contributed by atoms with Crippen LogP contribution in [0.4, 0.5) is 18.9 Å². The van der Waals surface area contributed by atoms with E-state index in [1.54, 1.807) is 30.5 Å². The predicted molar refractivity (Wildman–Crippen MR) is 128 cm³/mol. The molecular formula is C23H26ClF3N6O3. The zero-order chi connectivity index (χ0) is 25.9. The number of nitrogens with zero attached hydrogens (tertiary/aromatic N) is 6. The maximum absolute atomic E-state index is 13.4. The Morgan fingerprint density at radius 3 is 2.42 bits per heavy atom. The number of aromatic nitrogens is 4. The summed E-state index contributed by atoms with van der Waals surface area (Å²) in [5.74, 6) is 0.147. The van der Waals surface area contributed by atoms with Gasteiger partial charge in [0.1, 0.15) is 17.4 Å². The summed E-state index contributed by atoms with van der Waals surface area (Å²) in [6.45, 7) is 2.29. The van der Waals surface area contributed by atoms with Gasteiger partial charge in [0.15, 0.2) is 5.69 Å². The van der Waals surface area contributed by atoms with Crippen LogP contribution < -0.4 is 15.2 Å². The number of piperazine rings is 1. The molecule has 1 aliphatic heterocycles. The number of rotatable bonds is 8. The summed E-state index contributed by atoms with van der Waals surface area (Å²) < 4.78 is 53.4. The third kappa shape index (κ3) is 5.50. The van der Waals surface area contributed by atoms with Crippen LogP contribution in [0.5, 0.6) is 5.75 Å². The lowest BCUT2D eigenvalue weighted by molar-refractivity contribution is -0.142. The quantitative estimate of drug-likeness (QED) is 0.418. The van der Waals surface area contributed by atoms with Crippen molar-refractivity contribution in [1.29, 1.82) is 0 Å². The summed E-state index contributed by atoms with van der Waals surface area (Å²) in [6, 6.07) is 8.99. The minimum absolute atomic E-state index is 0.0143. The van der Waals surface area contributed by atoms with Gasteiger partial charge in [-0.25, -0.2) is 0 Å². The Kier molecular flexibility index (Phi) is 7.86. The number of halogens is 4. The van der Waals surface area contributed by atoms with E-state index in [4.69, 9.17) is 21.1 Å². The van der Waals surface area contributed by atoms with Crippen LogP contribution in [0.2, 0.25) is 5.15 Å². The number of methoxy groups -OCH3 is 1. The molecule has 0 spiro atoms. The fourth-order valence-corrected chi connectivity index (χ4v) is 4.24. The molecule has 0 aliphatic carbocycles. The van der Waals surface area contributed by atoms with E-state index in [9.17, 15) is 18.0 Å². The zero-order valence-corrected chi connectivity index (χ0v) is 20.6. The predicted octanol–water partition coefficient (Wildman–Crippen LogP) is 2.99. The van der Waals surface area contributed by atoms with Crippen LogP contribution in [0.3, 0.4) is 0 Å². The highest BCUT2D eigenvalue weighted by Gasteiger charge is 2.39. The topological polar surface area (TPSA) is 77.7 Å². The fraction of sp³-hybridized carbons (Fsp3) is 0.435. The Morgan fingerprint density at radius 1 is 1.08 bits per heavy atom. The molecule has 0 saturated carbocycles. The van der Waals surface area contributed by atoms with Gasteiger partial charge < -0.3 is 14.4 Å². The molecule has 1 fully saturated rings. The molecule has 1 saturated heterocycles. The van der Waals surface area contributed by atoms with Crippen LogP contribution in [0.25, 0.3) is 5.69 Å². The largest absolute Gasteiger partial charge is 0.484 e. The van der Waals surface area contributed by atoms with Crippen molar-refractivity contribution in [3.8, 4) is 11.4 Å². The molecule has 0 amide bonds. The lowest BCUT2D eigenvalue weighted by Crippen LogP contribution is -2.46. The lowest BCUT2D eigenvalue weighted by atomic mass is 10.2. The average Bonchev–Trinajstić information content (AvgIpc) is 3.15. The van der Waals surface area contributed by atoms with Gasteiger partial charge in [0, 0.05) is 52.4 Å². The van der Waals surface area contributed by atoms with Gasteiger partial charge in [0.25, 0.3) is 0 Å². The first-order chi connectivity index (χ1) is 17.2. The third-order valence-corrected chi connectivity index (χ3v) is 6.35. The van der Waals surface area contributed by atoms with Gasteiger partial charge in [-0.15, -0.1) is 0 Å². The molecule has 194 valence electrons. The standard InChI is InChI=1S/C23H26ClF3N6O3/c1-30-21(24)17(20(29-30)23(25,26)27)15-31-8-10-32(11-9-31)18-14-28-33(16-6-4-3-5-7-16)22(34)19(18)36-13-12-35-2/h3-7,14H,8-13,15H2,1-2H3. The molecule has 13 heteroatoms. The summed E-state index contributed by atoms with van der Waals surface area (Å²) in [5, 5.41) is 7.85. The Morgan fingerprint density at radius 2 is 1.78 bits per heavy atom. The van der Waals surface area contributed by atoms with E-state index < -0.39 is 17.4 Å². The molecular weight excluding hydrogens is 501 g/mol.